The molecule has 0 aromatic heterocycles. The lowest BCUT2D eigenvalue weighted by atomic mass is 10.3. The van der Waals surface area contributed by atoms with Gasteiger partial charge in [-0.2, -0.15) is 0 Å². The topological polar surface area (TPSA) is 20.3 Å². The average Bonchev–Trinajstić information content (AvgIpc) is 1.88. The van der Waals surface area contributed by atoms with Crippen LogP contribution in [0.25, 0.3) is 0 Å². The smallest absolute Gasteiger partial charge is 0.154 e. The second-order valence-electron chi connectivity index (χ2n) is 2.57. The van der Waals surface area contributed by atoms with Crippen molar-refractivity contribution in [3.05, 3.63) is 11.8 Å². The molecule has 0 aromatic carbocycles. The van der Waals surface area contributed by atoms with Crippen LogP contribution in [0.15, 0.2) is 11.8 Å². The molecular weight excluding hydrogens is 138 g/mol. The Hall–Kier alpha value is -0.790. The third-order valence-corrected chi connectivity index (χ3v) is 1.67. The summed E-state index contributed by atoms with van der Waals surface area (Å²) in [6.07, 6.45) is 1.67. The molecule has 0 rings (SSSR count). The average molecular weight is 155 g/mol. The summed E-state index contributed by atoms with van der Waals surface area (Å²) in [5, 5.41) is 0. The highest BCUT2D eigenvalue weighted by molar-refractivity contribution is 5.87. The Morgan fingerprint density at radius 3 is 2.00 bits per heavy atom. The maximum Gasteiger partial charge on any atom is 0.154 e. The Morgan fingerprint density at radius 1 is 1.27 bits per heavy atom. The van der Waals surface area contributed by atoms with Crippen LogP contribution in [0.3, 0.4) is 0 Å². The molecule has 0 aliphatic rings. The molecule has 0 saturated carbocycles. The monoisotopic (exact) mass is 155 g/mol. The second kappa shape index (κ2) is 4.94. The van der Waals surface area contributed by atoms with Gasteiger partial charge >= 0.3 is 0 Å². The summed E-state index contributed by atoms with van der Waals surface area (Å²) >= 11 is 0. The van der Waals surface area contributed by atoms with E-state index < -0.39 is 0 Å². The van der Waals surface area contributed by atoms with Crippen molar-refractivity contribution >= 4 is 5.78 Å². The number of carbonyl (C=O) groups excluding carboxylic acids is 1. The molecule has 0 aliphatic carbocycles. The van der Waals surface area contributed by atoms with Gasteiger partial charge in [0.25, 0.3) is 0 Å². The predicted molar refractivity (Wildman–Crippen MR) is 47.4 cm³/mol. The van der Waals surface area contributed by atoms with E-state index in [1.807, 2.05) is 6.92 Å². The maximum atomic E-state index is 10.7. The van der Waals surface area contributed by atoms with E-state index in [4.69, 9.17) is 0 Å². The summed E-state index contributed by atoms with van der Waals surface area (Å²) < 4.78 is 0. The van der Waals surface area contributed by atoms with Crippen molar-refractivity contribution in [2.45, 2.75) is 27.7 Å². The van der Waals surface area contributed by atoms with E-state index in [1.54, 1.807) is 13.0 Å². The lowest BCUT2D eigenvalue weighted by Crippen LogP contribution is -2.20. The second-order valence-corrected chi connectivity index (χ2v) is 2.57. The van der Waals surface area contributed by atoms with Crippen LogP contribution in [0.2, 0.25) is 0 Å². The molecule has 0 spiro atoms. The highest BCUT2D eigenvalue weighted by Crippen LogP contribution is 2.01. The summed E-state index contributed by atoms with van der Waals surface area (Å²) in [5.74, 6) is 0.120. The molecule has 0 aromatic rings. The van der Waals surface area contributed by atoms with Gasteiger partial charge in [-0.3, -0.25) is 4.79 Å². The van der Waals surface area contributed by atoms with Crippen molar-refractivity contribution in [2.24, 2.45) is 0 Å². The Morgan fingerprint density at radius 2 is 1.73 bits per heavy atom. The molecule has 11 heavy (non-hydrogen) atoms. The van der Waals surface area contributed by atoms with Crippen molar-refractivity contribution < 1.29 is 4.79 Å². The highest BCUT2D eigenvalue weighted by Gasteiger charge is 1.99. The Labute approximate surface area is 68.9 Å². The molecule has 0 N–H and O–H groups in total. The Bertz CT molecular complexity index is 157. The SMILES string of the molecule is CCN(CC)C(C)=CC(C)=O. The fourth-order valence-corrected chi connectivity index (χ4v) is 1.11. The van der Waals surface area contributed by atoms with Crippen LogP contribution in [0.1, 0.15) is 27.7 Å². The van der Waals surface area contributed by atoms with Crippen molar-refractivity contribution in [1.29, 1.82) is 0 Å². The molecule has 0 saturated heterocycles. The molecule has 0 fully saturated rings. The molecule has 0 aliphatic heterocycles. The summed E-state index contributed by atoms with van der Waals surface area (Å²) in [5.41, 5.74) is 1.06. The largest absolute Gasteiger partial charge is 0.376 e. The van der Waals surface area contributed by atoms with Gasteiger partial charge in [0, 0.05) is 18.8 Å². The zero-order valence-electron chi connectivity index (χ0n) is 7.85. The molecule has 0 atom stereocenters. The highest BCUT2D eigenvalue weighted by atomic mass is 16.1. The predicted octanol–water partition coefficient (Wildman–Crippen LogP) is 1.82. The fraction of sp³-hybridized carbons (Fsp3) is 0.667. The lowest BCUT2D eigenvalue weighted by molar-refractivity contribution is -0.112. The molecule has 0 unspecified atom stereocenters. The van der Waals surface area contributed by atoms with Gasteiger partial charge in [0.2, 0.25) is 0 Å². The van der Waals surface area contributed by atoms with Crippen LogP contribution in [-0.2, 0) is 4.79 Å². The van der Waals surface area contributed by atoms with E-state index in [1.165, 1.54) is 0 Å². The molecule has 64 valence electrons. The minimum atomic E-state index is 0.120. The molecule has 0 radical (unpaired) electrons. The lowest BCUT2D eigenvalue weighted by Gasteiger charge is -2.20. The van der Waals surface area contributed by atoms with Crippen molar-refractivity contribution in [3.63, 3.8) is 0 Å². The zero-order chi connectivity index (χ0) is 8.85. The maximum absolute atomic E-state index is 10.7. The molecule has 0 heterocycles. The van der Waals surface area contributed by atoms with Crippen LogP contribution in [0.4, 0.5) is 0 Å². The summed E-state index contributed by atoms with van der Waals surface area (Å²) in [4.78, 5) is 12.8. The van der Waals surface area contributed by atoms with Gasteiger partial charge in [0.05, 0.1) is 0 Å². The zero-order valence-corrected chi connectivity index (χ0v) is 7.85. The number of carbonyl (C=O) groups is 1. The van der Waals surface area contributed by atoms with Gasteiger partial charge in [-0.15, -0.1) is 0 Å². The van der Waals surface area contributed by atoms with E-state index >= 15 is 0 Å². The van der Waals surface area contributed by atoms with E-state index in [2.05, 4.69) is 18.7 Å². The normalized spacial score (nSPS) is 11.5. The fourth-order valence-electron chi connectivity index (χ4n) is 1.11. The first-order chi connectivity index (χ1) is 5.11. The number of hydrogen-bond donors (Lipinski definition) is 0. The summed E-state index contributed by atoms with van der Waals surface area (Å²) in [7, 11) is 0. The standard InChI is InChI=1S/C9H17NO/c1-5-10(6-2)8(3)7-9(4)11/h7H,5-6H2,1-4H3. The summed E-state index contributed by atoms with van der Waals surface area (Å²) in [6.45, 7) is 9.64. The first-order valence-corrected chi connectivity index (χ1v) is 4.05. The van der Waals surface area contributed by atoms with Gasteiger partial charge in [-0.25, -0.2) is 0 Å². The molecule has 2 heteroatoms. The van der Waals surface area contributed by atoms with Gasteiger partial charge in [0.15, 0.2) is 5.78 Å². The molecule has 2 nitrogen and oxygen atoms in total. The quantitative estimate of drug-likeness (QED) is 0.577. The number of ketones is 1. The number of rotatable bonds is 4. The van der Waals surface area contributed by atoms with E-state index in [0.717, 1.165) is 18.8 Å². The summed E-state index contributed by atoms with van der Waals surface area (Å²) in [6, 6.07) is 0. The van der Waals surface area contributed by atoms with Gasteiger partial charge < -0.3 is 4.90 Å². The minimum absolute atomic E-state index is 0.120. The van der Waals surface area contributed by atoms with Crippen molar-refractivity contribution in [1.82, 2.24) is 4.90 Å². The van der Waals surface area contributed by atoms with Crippen molar-refractivity contribution in [2.75, 3.05) is 13.1 Å². The van der Waals surface area contributed by atoms with E-state index in [9.17, 15) is 4.79 Å². The number of hydrogen-bond acceptors (Lipinski definition) is 2. The molecular formula is C9H17NO. The van der Waals surface area contributed by atoms with Crippen LogP contribution in [-0.4, -0.2) is 23.8 Å². The van der Waals surface area contributed by atoms with E-state index in [0.29, 0.717) is 0 Å². The third-order valence-electron chi connectivity index (χ3n) is 1.67. The number of nitrogens with zero attached hydrogens (tertiary/aromatic N) is 1. The van der Waals surface area contributed by atoms with Crippen LogP contribution < -0.4 is 0 Å². The van der Waals surface area contributed by atoms with Crippen molar-refractivity contribution in [3.8, 4) is 0 Å². The molecule has 0 bridgehead atoms. The van der Waals surface area contributed by atoms with Crippen LogP contribution in [0, 0.1) is 0 Å². The Kier molecular flexibility index (Phi) is 4.59. The van der Waals surface area contributed by atoms with Gasteiger partial charge in [0.1, 0.15) is 0 Å². The van der Waals surface area contributed by atoms with Crippen LogP contribution in [0.5, 0.6) is 0 Å². The van der Waals surface area contributed by atoms with E-state index in [-0.39, 0.29) is 5.78 Å². The number of allylic oxidation sites excluding steroid dienone is 2. The Balaban J connectivity index is 4.18. The van der Waals surface area contributed by atoms with Gasteiger partial charge in [-0.05, 0) is 33.8 Å². The van der Waals surface area contributed by atoms with Gasteiger partial charge in [-0.1, -0.05) is 0 Å². The molecule has 0 amide bonds. The van der Waals surface area contributed by atoms with Crippen LogP contribution >= 0.6 is 0 Å². The first-order valence-electron chi connectivity index (χ1n) is 4.05. The third kappa shape index (κ3) is 3.81. The minimum Gasteiger partial charge on any atom is -0.376 e. The first kappa shape index (κ1) is 10.2.